The predicted molar refractivity (Wildman–Crippen MR) is 68.2 cm³/mol. The molecule has 0 heterocycles. The van der Waals surface area contributed by atoms with E-state index in [1.54, 1.807) is 0 Å². The van der Waals surface area contributed by atoms with Gasteiger partial charge in [0.1, 0.15) is 0 Å². The lowest BCUT2D eigenvalue weighted by Gasteiger charge is -2.53. The summed E-state index contributed by atoms with van der Waals surface area (Å²) in [4.78, 5) is 0. The van der Waals surface area contributed by atoms with Gasteiger partial charge in [-0.25, -0.2) is 0 Å². The normalized spacial score (nSPS) is 45.6. The van der Waals surface area contributed by atoms with E-state index in [4.69, 9.17) is 0 Å². The van der Waals surface area contributed by atoms with E-state index < -0.39 is 11.0 Å². The smallest absolute Gasteiger partial charge is 0.0863 e. The van der Waals surface area contributed by atoms with Crippen LogP contribution in [-0.4, -0.2) is 10.7 Å². The van der Waals surface area contributed by atoms with E-state index in [0.29, 0.717) is 17.8 Å². The summed E-state index contributed by atoms with van der Waals surface area (Å²) in [5, 5.41) is 20.3. The number of aliphatic hydroxyl groups is 1. The quantitative estimate of drug-likeness (QED) is 0.813. The zero-order valence-corrected chi connectivity index (χ0v) is 11.4. The maximum Gasteiger partial charge on any atom is 0.0863 e. The number of hydrogen-bond donors (Lipinski definition) is 1. The highest BCUT2D eigenvalue weighted by molar-refractivity contribution is 5.19. The highest BCUT2D eigenvalue weighted by Crippen LogP contribution is 2.59. The maximum absolute atomic E-state index is 10.8. The molecule has 0 saturated heterocycles. The molecule has 2 unspecified atom stereocenters. The Kier molecular flexibility index (Phi) is 3.25. The molecule has 2 aliphatic rings. The first kappa shape index (κ1) is 12.9. The van der Waals surface area contributed by atoms with E-state index in [-0.39, 0.29) is 0 Å². The molecule has 0 aromatic heterocycles. The van der Waals surface area contributed by atoms with Crippen LogP contribution in [0.15, 0.2) is 0 Å². The first-order chi connectivity index (χ1) is 7.96. The third-order valence-electron chi connectivity index (χ3n) is 5.44. The van der Waals surface area contributed by atoms with Crippen LogP contribution < -0.4 is 0 Å². The third-order valence-corrected chi connectivity index (χ3v) is 5.44. The molecule has 0 radical (unpaired) electrons. The monoisotopic (exact) mass is 235 g/mol. The second-order valence-corrected chi connectivity index (χ2v) is 6.65. The van der Waals surface area contributed by atoms with Crippen LogP contribution in [0.25, 0.3) is 0 Å². The molecular weight excluding hydrogens is 210 g/mol. The van der Waals surface area contributed by atoms with Crippen molar-refractivity contribution in [2.75, 3.05) is 0 Å². The van der Waals surface area contributed by atoms with Crippen molar-refractivity contribution in [2.24, 2.45) is 23.2 Å². The molecule has 17 heavy (non-hydrogen) atoms. The Hall–Kier alpha value is -0.550. The molecule has 2 saturated carbocycles. The zero-order valence-electron chi connectivity index (χ0n) is 11.4. The number of nitriles is 1. The maximum atomic E-state index is 10.8. The first-order valence-electron chi connectivity index (χ1n) is 7.10. The summed E-state index contributed by atoms with van der Waals surface area (Å²) in [5.74, 6) is 1.90. The van der Waals surface area contributed by atoms with Gasteiger partial charge in [0.05, 0.1) is 17.1 Å². The third kappa shape index (κ3) is 1.89. The standard InChI is InChI=1S/C15H25NO/c1-4-12-5-6-14(7-12,10-16)15(17)8-13(9-15)11(2)3/h11-13,17H,4-9H2,1-3H3. The molecule has 0 spiro atoms. The van der Waals surface area contributed by atoms with Crippen LogP contribution in [-0.2, 0) is 0 Å². The summed E-state index contributed by atoms with van der Waals surface area (Å²) in [6.07, 6.45) is 5.78. The van der Waals surface area contributed by atoms with Crippen molar-refractivity contribution >= 4 is 0 Å². The van der Waals surface area contributed by atoms with E-state index in [1.807, 2.05) is 0 Å². The molecule has 2 nitrogen and oxygen atoms in total. The van der Waals surface area contributed by atoms with Gasteiger partial charge in [-0.1, -0.05) is 27.2 Å². The van der Waals surface area contributed by atoms with Crippen LogP contribution in [0, 0.1) is 34.5 Å². The molecule has 1 N–H and O–H groups in total. The molecular formula is C15H25NO. The summed E-state index contributed by atoms with van der Waals surface area (Å²) in [6.45, 7) is 6.62. The van der Waals surface area contributed by atoms with E-state index in [9.17, 15) is 10.4 Å². The second kappa shape index (κ2) is 4.28. The van der Waals surface area contributed by atoms with E-state index in [1.165, 1.54) is 0 Å². The zero-order chi connectivity index (χ0) is 12.7. The largest absolute Gasteiger partial charge is 0.388 e. The van der Waals surface area contributed by atoms with Gasteiger partial charge in [-0.05, 0) is 49.9 Å². The summed E-state index contributed by atoms with van der Waals surface area (Å²) in [7, 11) is 0. The molecule has 2 atom stereocenters. The minimum absolute atomic E-state index is 0.431. The van der Waals surface area contributed by atoms with Gasteiger partial charge in [0.2, 0.25) is 0 Å². The molecule has 2 rings (SSSR count). The van der Waals surface area contributed by atoms with E-state index in [0.717, 1.165) is 38.5 Å². The Morgan fingerprint density at radius 3 is 2.41 bits per heavy atom. The topological polar surface area (TPSA) is 44.0 Å². The summed E-state index contributed by atoms with van der Waals surface area (Å²) < 4.78 is 0. The van der Waals surface area contributed by atoms with Crippen molar-refractivity contribution in [1.82, 2.24) is 0 Å². The predicted octanol–water partition coefficient (Wildman–Crippen LogP) is 3.50. The van der Waals surface area contributed by atoms with Crippen molar-refractivity contribution in [1.29, 1.82) is 5.26 Å². The minimum atomic E-state index is -0.680. The Balaban J connectivity index is 2.09. The van der Waals surface area contributed by atoms with Crippen LogP contribution in [0.3, 0.4) is 0 Å². The molecule has 0 bridgehead atoms. The first-order valence-corrected chi connectivity index (χ1v) is 7.10. The minimum Gasteiger partial charge on any atom is -0.388 e. The van der Waals surface area contributed by atoms with Crippen LogP contribution >= 0.6 is 0 Å². The summed E-state index contributed by atoms with van der Waals surface area (Å²) >= 11 is 0. The van der Waals surface area contributed by atoms with Gasteiger partial charge in [0.25, 0.3) is 0 Å². The molecule has 96 valence electrons. The van der Waals surface area contributed by atoms with Crippen LogP contribution in [0.1, 0.15) is 59.3 Å². The molecule has 0 amide bonds. The average Bonchev–Trinajstić information content (AvgIpc) is 2.69. The van der Waals surface area contributed by atoms with Gasteiger partial charge in [-0.3, -0.25) is 0 Å². The number of nitrogens with zero attached hydrogens (tertiary/aromatic N) is 1. The van der Waals surface area contributed by atoms with Crippen molar-refractivity contribution in [2.45, 2.75) is 64.9 Å². The molecule has 2 fully saturated rings. The van der Waals surface area contributed by atoms with Crippen LogP contribution in [0.2, 0.25) is 0 Å². The number of rotatable bonds is 3. The fourth-order valence-corrected chi connectivity index (χ4v) is 3.79. The fraction of sp³-hybridized carbons (Fsp3) is 0.933. The van der Waals surface area contributed by atoms with E-state index >= 15 is 0 Å². The lowest BCUT2D eigenvalue weighted by Crippen LogP contribution is -2.56. The van der Waals surface area contributed by atoms with Gasteiger partial charge in [-0.2, -0.15) is 5.26 Å². The van der Waals surface area contributed by atoms with Crippen LogP contribution in [0.4, 0.5) is 0 Å². The van der Waals surface area contributed by atoms with Crippen molar-refractivity contribution < 1.29 is 5.11 Å². The Labute approximate surface area is 105 Å². The van der Waals surface area contributed by atoms with Crippen molar-refractivity contribution in [3.8, 4) is 6.07 Å². The molecule has 2 aliphatic carbocycles. The second-order valence-electron chi connectivity index (χ2n) is 6.65. The Morgan fingerprint density at radius 1 is 1.35 bits per heavy atom. The van der Waals surface area contributed by atoms with Crippen molar-refractivity contribution in [3.63, 3.8) is 0 Å². The highest BCUT2D eigenvalue weighted by Gasteiger charge is 2.60. The van der Waals surface area contributed by atoms with Gasteiger partial charge in [0, 0.05) is 0 Å². The lowest BCUT2D eigenvalue weighted by molar-refractivity contribution is -0.154. The van der Waals surface area contributed by atoms with Gasteiger partial charge in [0.15, 0.2) is 0 Å². The Morgan fingerprint density at radius 2 is 2.00 bits per heavy atom. The van der Waals surface area contributed by atoms with Crippen LogP contribution in [0.5, 0.6) is 0 Å². The highest BCUT2D eigenvalue weighted by atomic mass is 16.3. The van der Waals surface area contributed by atoms with Gasteiger partial charge in [-0.15, -0.1) is 0 Å². The van der Waals surface area contributed by atoms with Crippen molar-refractivity contribution in [3.05, 3.63) is 0 Å². The van der Waals surface area contributed by atoms with Gasteiger partial charge < -0.3 is 5.11 Å². The van der Waals surface area contributed by atoms with Gasteiger partial charge >= 0.3 is 0 Å². The molecule has 0 aromatic carbocycles. The molecule has 0 aliphatic heterocycles. The Bertz CT molecular complexity index is 324. The SMILES string of the molecule is CCC1CCC(C#N)(C2(O)CC(C(C)C)C2)C1. The lowest BCUT2D eigenvalue weighted by atomic mass is 9.54. The average molecular weight is 235 g/mol. The molecule has 2 heteroatoms. The summed E-state index contributed by atoms with van der Waals surface area (Å²) in [5.41, 5.74) is -1.11. The van der Waals surface area contributed by atoms with E-state index in [2.05, 4.69) is 26.8 Å². The fourth-order valence-electron chi connectivity index (χ4n) is 3.79. The molecule has 0 aromatic rings. The summed E-state index contributed by atoms with van der Waals surface area (Å²) in [6, 6.07) is 2.49. The number of hydrogen-bond acceptors (Lipinski definition) is 2.